The van der Waals surface area contributed by atoms with E-state index < -0.39 is 5.97 Å². The molecule has 1 saturated carbocycles. The number of nitrogens with zero attached hydrogens (tertiary/aromatic N) is 1. The van der Waals surface area contributed by atoms with Crippen molar-refractivity contribution >= 4 is 11.9 Å². The van der Waals surface area contributed by atoms with Gasteiger partial charge in [0.2, 0.25) is 5.91 Å². The van der Waals surface area contributed by atoms with Gasteiger partial charge in [-0.15, -0.1) is 0 Å². The van der Waals surface area contributed by atoms with E-state index in [1.54, 1.807) is 0 Å². The average Bonchev–Trinajstić information content (AvgIpc) is 2.67. The lowest BCUT2D eigenvalue weighted by Gasteiger charge is -2.30. The minimum atomic E-state index is -0.737. The lowest BCUT2D eigenvalue weighted by molar-refractivity contribution is -0.144. The molecule has 2 aliphatic rings. The Morgan fingerprint density at radius 3 is 2.40 bits per heavy atom. The van der Waals surface area contributed by atoms with Crippen molar-refractivity contribution in [3.63, 3.8) is 0 Å². The van der Waals surface area contributed by atoms with Crippen LogP contribution in [0.15, 0.2) is 0 Å². The highest BCUT2D eigenvalue weighted by Crippen LogP contribution is 2.18. The molecule has 2 fully saturated rings. The van der Waals surface area contributed by atoms with Crippen molar-refractivity contribution in [2.75, 3.05) is 19.6 Å². The Hall–Kier alpha value is -1.10. The van der Waals surface area contributed by atoms with E-state index in [-0.39, 0.29) is 11.8 Å². The van der Waals surface area contributed by atoms with Crippen molar-refractivity contribution in [1.82, 2.24) is 10.2 Å². The summed E-state index contributed by atoms with van der Waals surface area (Å²) in [5, 5.41) is 12.2. The standard InChI is InChI=1S/C15H26N2O3/c18-14(16-13-7-3-1-2-4-8-13)11-17-9-5-6-12(10-17)15(19)20/h12-13H,1-11H2,(H,16,18)(H,19,20). The van der Waals surface area contributed by atoms with Crippen LogP contribution in [0.1, 0.15) is 51.4 Å². The van der Waals surface area contributed by atoms with E-state index in [0.717, 1.165) is 32.2 Å². The van der Waals surface area contributed by atoms with Gasteiger partial charge >= 0.3 is 5.97 Å². The summed E-state index contributed by atoms with van der Waals surface area (Å²) in [6.07, 6.45) is 8.74. The van der Waals surface area contributed by atoms with Crippen LogP contribution in [-0.4, -0.2) is 47.6 Å². The lowest BCUT2D eigenvalue weighted by atomic mass is 9.98. The van der Waals surface area contributed by atoms with Gasteiger partial charge in [0.1, 0.15) is 0 Å². The SMILES string of the molecule is O=C(CN1CCCC(C(=O)O)C1)NC1CCCCCC1. The van der Waals surface area contributed by atoms with Crippen molar-refractivity contribution in [3.05, 3.63) is 0 Å². The Morgan fingerprint density at radius 1 is 1.05 bits per heavy atom. The molecule has 114 valence electrons. The van der Waals surface area contributed by atoms with Gasteiger partial charge in [0.05, 0.1) is 12.5 Å². The van der Waals surface area contributed by atoms with E-state index in [1.807, 2.05) is 4.90 Å². The maximum Gasteiger partial charge on any atom is 0.307 e. The molecule has 0 aromatic rings. The first-order valence-corrected chi connectivity index (χ1v) is 7.89. The average molecular weight is 282 g/mol. The summed E-state index contributed by atoms with van der Waals surface area (Å²) in [7, 11) is 0. The van der Waals surface area contributed by atoms with Crippen molar-refractivity contribution in [3.8, 4) is 0 Å². The van der Waals surface area contributed by atoms with Gasteiger partial charge in [-0.25, -0.2) is 0 Å². The van der Waals surface area contributed by atoms with Crippen molar-refractivity contribution in [1.29, 1.82) is 0 Å². The number of rotatable bonds is 4. The quantitative estimate of drug-likeness (QED) is 0.769. The number of aliphatic carboxylic acids is 1. The number of carboxylic acid groups (broad SMARTS) is 1. The predicted octanol–water partition coefficient (Wildman–Crippen LogP) is 1.62. The Bertz CT molecular complexity index is 338. The van der Waals surface area contributed by atoms with E-state index in [9.17, 15) is 9.59 Å². The monoisotopic (exact) mass is 282 g/mol. The van der Waals surface area contributed by atoms with Crippen LogP contribution < -0.4 is 5.32 Å². The first kappa shape index (κ1) is 15.3. The van der Waals surface area contributed by atoms with Gasteiger partial charge in [0, 0.05) is 12.6 Å². The van der Waals surface area contributed by atoms with Gasteiger partial charge in [-0.3, -0.25) is 14.5 Å². The van der Waals surface area contributed by atoms with E-state index in [1.165, 1.54) is 25.7 Å². The molecule has 0 aromatic heterocycles. The van der Waals surface area contributed by atoms with Crippen LogP contribution in [0.2, 0.25) is 0 Å². The molecule has 0 spiro atoms. The third-order valence-corrected chi connectivity index (χ3v) is 4.44. The number of carbonyl (C=O) groups is 2. The summed E-state index contributed by atoms with van der Waals surface area (Å²) in [5.41, 5.74) is 0. The number of hydrogen-bond donors (Lipinski definition) is 2. The zero-order valence-corrected chi connectivity index (χ0v) is 12.1. The van der Waals surface area contributed by atoms with E-state index in [2.05, 4.69) is 5.32 Å². The van der Waals surface area contributed by atoms with Gasteiger partial charge in [0.15, 0.2) is 0 Å². The Kier molecular flexibility index (Phi) is 5.83. The fourth-order valence-electron chi connectivity index (χ4n) is 3.30. The summed E-state index contributed by atoms with van der Waals surface area (Å²) in [6, 6.07) is 0.324. The molecule has 1 aliphatic carbocycles. The van der Waals surface area contributed by atoms with Crippen LogP contribution in [0.3, 0.4) is 0 Å². The van der Waals surface area contributed by atoms with Crippen LogP contribution >= 0.6 is 0 Å². The molecular formula is C15H26N2O3. The Morgan fingerprint density at radius 2 is 1.75 bits per heavy atom. The zero-order chi connectivity index (χ0) is 14.4. The molecule has 1 aliphatic heterocycles. The van der Waals surface area contributed by atoms with Crippen LogP contribution in [0.4, 0.5) is 0 Å². The van der Waals surface area contributed by atoms with Crippen LogP contribution in [0.25, 0.3) is 0 Å². The molecule has 1 heterocycles. The molecule has 20 heavy (non-hydrogen) atoms. The first-order chi connectivity index (χ1) is 9.65. The van der Waals surface area contributed by atoms with Crippen LogP contribution in [0.5, 0.6) is 0 Å². The summed E-state index contributed by atoms with van der Waals surface area (Å²) in [4.78, 5) is 25.1. The second-order valence-electron chi connectivity index (χ2n) is 6.17. The normalized spacial score (nSPS) is 25.9. The number of amides is 1. The molecule has 0 radical (unpaired) electrons. The summed E-state index contributed by atoms with van der Waals surface area (Å²) < 4.78 is 0. The number of carboxylic acids is 1. The van der Waals surface area contributed by atoms with E-state index >= 15 is 0 Å². The molecular weight excluding hydrogens is 256 g/mol. The minimum absolute atomic E-state index is 0.0583. The van der Waals surface area contributed by atoms with Gasteiger partial charge in [-0.1, -0.05) is 25.7 Å². The van der Waals surface area contributed by atoms with Crippen LogP contribution in [-0.2, 0) is 9.59 Å². The highest BCUT2D eigenvalue weighted by Gasteiger charge is 2.26. The molecule has 1 amide bonds. The fraction of sp³-hybridized carbons (Fsp3) is 0.867. The molecule has 1 saturated heterocycles. The highest BCUT2D eigenvalue weighted by atomic mass is 16.4. The van der Waals surface area contributed by atoms with Gasteiger partial charge in [0.25, 0.3) is 0 Å². The summed E-state index contributed by atoms with van der Waals surface area (Å²) in [5.74, 6) is -0.990. The molecule has 0 bridgehead atoms. The van der Waals surface area contributed by atoms with Gasteiger partial charge < -0.3 is 10.4 Å². The molecule has 5 heteroatoms. The molecule has 2 N–H and O–H groups in total. The molecule has 1 unspecified atom stereocenters. The molecule has 5 nitrogen and oxygen atoms in total. The van der Waals surface area contributed by atoms with Crippen molar-refractivity contribution < 1.29 is 14.7 Å². The lowest BCUT2D eigenvalue weighted by Crippen LogP contribution is -2.46. The van der Waals surface area contributed by atoms with Gasteiger partial charge in [-0.05, 0) is 32.2 Å². The molecule has 1 atom stereocenters. The van der Waals surface area contributed by atoms with Crippen molar-refractivity contribution in [2.45, 2.75) is 57.4 Å². The molecule has 2 rings (SSSR count). The smallest absolute Gasteiger partial charge is 0.307 e. The maximum absolute atomic E-state index is 12.1. The topological polar surface area (TPSA) is 69.6 Å². The molecule has 0 aromatic carbocycles. The number of piperidine rings is 1. The van der Waals surface area contributed by atoms with Crippen molar-refractivity contribution in [2.24, 2.45) is 5.92 Å². The third kappa shape index (κ3) is 4.78. The number of hydrogen-bond acceptors (Lipinski definition) is 3. The number of carbonyl (C=O) groups excluding carboxylic acids is 1. The number of likely N-dealkylation sites (tertiary alicyclic amines) is 1. The second-order valence-corrected chi connectivity index (χ2v) is 6.17. The van der Waals surface area contributed by atoms with Crippen LogP contribution in [0, 0.1) is 5.92 Å². The summed E-state index contributed by atoms with van der Waals surface area (Å²) >= 11 is 0. The largest absolute Gasteiger partial charge is 0.481 e. The third-order valence-electron chi connectivity index (χ3n) is 4.44. The first-order valence-electron chi connectivity index (χ1n) is 7.89. The minimum Gasteiger partial charge on any atom is -0.481 e. The zero-order valence-electron chi connectivity index (χ0n) is 12.1. The predicted molar refractivity (Wildman–Crippen MR) is 76.4 cm³/mol. The number of nitrogens with one attached hydrogen (secondary N) is 1. The summed E-state index contributed by atoms with van der Waals surface area (Å²) in [6.45, 7) is 1.69. The fourth-order valence-corrected chi connectivity index (χ4v) is 3.30. The Labute approximate surface area is 120 Å². The highest BCUT2D eigenvalue weighted by molar-refractivity contribution is 5.78. The van der Waals surface area contributed by atoms with Gasteiger partial charge in [-0.2, -0.15) is 0 Å². The van der Waals surface area contributed by atoms with E-state index in [4.69, 9.17) is 5.11 Å². The maximum atomic E-state index is 12.1. The Balaban J connectivity index is 1.74. The second kappa shape index (κ2) is 7.62. The van der Waals surface area contributed by atoms with E-state index in [0.29, 0.717) is 19.1 Å².